The number of carbonyl (C=O) groups excluding carboxylic acids is 1. The third-order valence-electron chi connectivity index (χ3n) is 3.41. The van der Waals surface area contributed by atoms with Gasteiger partial charge in [0, 0.05) is 12.1 Å². The minimum Gasteiger partial charge on any atom is -0.459 e. The second-order valence-electron chi connectivity index (χ2n) is 4.96. The fourth-order valence-corrected chi connectivity index (χ4v) is 2.54. The van der Waals surface area contributed by atoms with E-state index in [0.717, 1.165) is 11.0 Å². The second kappa shape index (κ2) is 6.74. The molecule has 1 aromatic heterocycles. The number of rotatable bonds is 4. The van der Waals surface area contributed by atoms with E-state index in [4.69, 9.17) is 16.0 Å². The van der Waals surface area contributed by atoms with Gasteiger partial charge in [-0.05, 0) is 30.3 Å². The molecule has 2 aromatic carbocycles. The van der Waals surface area contributed by atoms with Gasteiger partial charge < -0.3 is 4.42 Å². The summed E-state index contributed by atoms with van der Waals surface area (Å²) in [7, 11) is 0. The van der Waals surface area contributed by atoms with Crippen molar-refractivity contribution in [3.8, 4) is 0 Å². The predicted octanol–water partition coefficient (Wildman–Crippen LogP) is 4.96. The predicted molar refractivity (Wildman–Crippen MR) is 89.7 cm³/mol. The van der Waals surface area contributed by atoms with Crippen molar-refractivity contribution in [1.82, 2.24) is 0 Å². The number of anilines is 2. The summed E-state index contributed by atoms with van der Waals surface area (Å²) in [4.78, 5) is 24.1. The molecule has 0 aliphatic heterocycles. The largest absolute Gasteiger partial charge is 0.459 e. The standard InChI is InChI=1S/C17H10ClFN2O4/c18-12-10-11(21(23)24)7-8-14(12)20(15-5-2-1-4-13(15)19)17(22)16-6-3-9-25-16/h1-10H. The van der Waals surface area contributed by atoms with Crippen molar-refractivity contribution >= 4 is 34.6 Å². The Kier molecular flexibility index (Phi) is 4.49. The number of hydrogen-bond donors (Lipinski definition) is 0. The van der Waals surface area contributed by atoms with Crippen LogP contribution in [-0.2, 0) is 0 Å². The van der Waals surface area contributed by atoms with Gasteiger partial charge in [0.25, 0.3) is 11.6 Å². The molecule has 0 aliphatic carbocycles. The molecule has 1 amide bonds. The van der Waals surface area contributed by atoms with Crippen molar-refractivity contribution in [1.29, 1.82) is 0 Å². The molecule has 25 heavy (non-hydrogen) atoms. The monoisotopic (exact) mass is 360 g/mol. The lowest BCUT2D eigenvalue weighted by Gasteiger charge is -2.23. The van der Waals surface area contributed by atoms with E-state index in [9.17, 15) is 19.3 Å². The maximum Gasteiger partial charge on any atom is 0.298 e. The van der Waals surface area contributed by atoms with Crippen LogP contribution in [0.15, 0.2) is 65.3 Å². The molecule has 0 aliphatic rings. The molecule has 1 heterocycles. The van der Waals surface area contributed by atoms with Gasteiger partial charge in [-0.1, -0.05) is 23.7 Å². The summed E-state index contributed by atoms with van der Waals surface area (Å²) in [6.45, 7) is 0. The molecule has 0 spiro atoms. The van der Waals surface area contributed by atoms with E-state index in [1.165, 1.54) is 48.7 Å². The Bertz CT molecular complexity index is 944. The molecule has 0 saturated carbocycles. The van der Waals surface area contributed by atoms with E-state index in [2.05, 4.69) is 0 Å². The van der Waals surface area contributed by atoms with Crippen molar-refractivity contribution in [2.45, 2.75) is 0 Å². The first-order valence-electron chi connectivity index (χ1n) is 7.05. The number of hydrogen-bond acceptors (Lipinski definition) is 4. The van der Waals surface area contributed by atoms with Gasteiger partial charge in [0.05, 0.1) is 27.6 Å². The van der Waals surface area contributed by atoms with Gasteiger partial charge in [-0.25, -0.2) is 4.39 Å². The van der Waals surface area contributed by atoms with Crippen molar-refractivity contribution in [2.24, 2.45) is 0 Å². The summed E-state index contributed by atoms with van der Waals surface area (Å²) < 4.78 is 19.4. The smallest absolute Gasteiger partial charge is 0.298 e. The van der Waals surface area contributed by atoms with Crippen LogP contribution < -0.4 is 4.90 Å². The average Bonchev–Trinajstić information content (AvgIpc) is 3.12. The number of furan rings is 1. The van der Waals surface area contributed by atoms with Gasteiger partial charge in [-0.15, -0.1) is 0 Å². The summed E-state index contributed by atoms with van der Waals surface area (Å²) in [5.41, 5.74) is -0.203. The zero-order valence-electron chi connectivity index (χ0n) is 12.6. The molecule has 3 aromatic rings. The van der Waals surface area contributed by atoms with E-state index in [1.54, 1.807) is 6.07 Å². The van der Waals surface area contributed by atoms with Gasteiger partial charge in [-0.3, -0.25) is 19.8 Å². The van der Waals surface area contributed by atoms with Crippen LogP contribution >= 0.6 is 11.6 Å². The molecule has 0 radical (unpaired) electrons. The van der Waals surface area contributed by atoms with Crippen LogP contribution in [-0.4, -0.2) is 10.8 Å². The van der Waals surface area contributed by atoms with E-state index in [1.807, 2.05) is 0 Å². The molecule has 0 bridgehead atoms. The van der Waals surface area contributed by atoms with E-state index < -0.39 is 16.6 Å². The number of para-hydroxylation sites is 1. The van der Waals surface area contributed by atoms with Gasteiger partial charge >= 0.3 is 0 Å². The van der Waals surface area contributed by atoms with Crippen molar-refractivity contribution in [3.05, 3.63) is 87.6 Å². The van der Waals surface area contributed by atoms with Gasteiger partial charge in [0.2, 0.25) is 0 Å². The van der Waals surface area contributed by atoms with Crippen LogP contribution in [0, 0.1) is 15.9 Å². The number of halogens is 2. The van der Waals surface area contributed by atoms with E-state index >= 15 is 0 Å². The van der Waals surface area contributed by atoms with Crippen LogP contribution in [0.1, 0.15) is 10.6 Å². The molecule has 6 nitrogen and oxygen atoms in total. The summed E-state index contributed by atoms with van der Waals surface area (Å²) in [5, 5.41) is 10.8. The molecule has 126 valence electrons. The highest BCUT2D eigenvalue weighted by Gasteiger charge is 2.27. The lowest BCUT2D eigenvalue weighted by Crippen LogP contribution is -2.26. The minimum atomic E-state index is -0.661. The maximum absolute atomic E-state index is 14.3. The molecule has 0 atom stereocenters. The Morgan fingerprint density at radius 1 is 1.12 bits per heavy atom. The first-order chi connectivity index (χ1) is 12.0. The summed E-state index contributed by atoms with van der Waals surface area (Å²) in [6.07, 6.45) is 1.31. The number of nitro benzene ring substituents is 1. The first kappa shape index (κ1) is 16.7. The molecule has 0 saturated heterocycles. The van der Waals surface area contributed by atoms with Crippen molar-refractivity contribution < 1.29 is 18.5 Å². The Morgan fingerprint density at radius 3 is 2.48 bits per heavy atom. The number of amides is 1. The molecule has 0 unspecified atom stereocenters. The Hall–Kier alpha value is -3.19. The topological polar surface area (TPSA) is 76.6 Å². The highest BCUT2D eigenvalue weighted by Crippen LogP contribution is 2.36. The zero-order chi connectivity index (χ0) is 18.0. The van der Waals surface area contributed by atoms with Crippen LogP contribution in [0.3, 0.4) is 0 Å². The van der Waals surface area contributed by atoms with Crippen LogP contribution in [0.25, 0.3) is 0 Å². The summed E-state index contributed by atoms with van der Waals surface area (Å²) in [5.74, 6) is -1.35. The normalized spacial score (nSPS) is 10.5. The highest BCUT2D eigenvalue weighted by atomic mass is 35.5. The molecule has 3 rings (SSSR count). The zero-order valence-corrected chi connectivity index (χ0v) is 13.3. The number of carbonyl (C=O) groups is 1. The summed E-state index contributed by atoms with van der Waals surface area (Å²) >= 11 is 6.12. The number of nitrogens with zero attached hydrogens (tertiary/aromatic N) is 2. The fraction of sp³-hybridized carbons (Fsp3) is 0. The maximum atomic E-state index is 14.3. The highest BCUT2D eigenvalue weighted by molar-refractivity contribution is 6.34. The first-order valence-corrected chi connectivity index (χ1v) is 7.43. The quantitative estimate of drug-likeness (QED) is 0.486. The van der Waals surface area contributed by atoms with Gasteiger partial charge in [-0.2, -0.15) is 0 Å². The molecule has 0 fully saturated rings. The lowest BCUT2D eigenvalue weighted by atomic mass is 10.2. The van der Waals surface area contributed by atoms with Crippen molar-refractivity contribution in [2.75, 3.05) is 4.90 Å². The van der Waals surface area contributed by atoms with Crippen molar-refractivity contribution in [3.63, 3.8) is 0 Å². The van der Waals surface area contributed by atoms with Gasteiger partial charge in [0.15, 0.2) is 5.76 Å². The minimum absolute atomic E-state index is 0.0299. The number of benzene rings is 2. The van der Waals surface area contributed by atoms with Crippen LogP contribution in [0.2, 0.25) is 5.02 Å². The Morgan fingerprint density at radius 2 is 1.88 bits per heavy atom. The molecular formula is C17H10ClFN2O4. The Balaban J connectivity index is 2.17. The summed E-state index contributed by atoms with van der Waals surface area (Å²) in [6, 6.07) is 12.1. The third-order valence-corrected chi connectivity index (χ3v) is 3.71. The fourth-order valence-electron chi connectivity index (χ4n) is 2.28. The molecule has 0 N–H and O–H groups in total. The third kappa shape index (κ3) is 3.22. The van der Waals surface area contributed by atoms with Crippen LogP contribution in [0.4, 0.5) is 21.5 Å². The number of non-ortho nitro benzene ring substituents is 1. The number of nitro groups is 1. The van der Waals surface area contributed by atoms with E-state index in [-0.39, 0.29) is 27.8 Å². The lowest BCUT2D eigenvalue weighted by molar-refractivity contribution is -0.384. The van der Waals surface area contributed by atoms with Gasteiger partial charge in [0.1, 0.15) is 5.82 Å². The SMILES string of the molecule is O=C(c1ccco1)N(c1ccccc1F)c1ccc([N+](=O)[O-])cc1Cl. The molecule has 8 heteroatoms. The van der Waals surface area contributed by atoms with E-state index in [0.29, 0.717) is 0 Å². The molecular weight excluding hydrogens is 351 g/mol. The average molecular weight is 361 g/mol. The second-order valence-corrected chi connectivity index (χ2v) is 5.37. The van der Waals surface area contributed by atoms with Crippen LogP contribution in [0.5, 0.6) is 0 Å². The Labute approximate surface area is 146 Å².